The van der Waals surface area contributed by atoms with Crippen LogP contribution in [0.2, 0.25) is 0 Å². The summed E-state index contributed by atoms with van der Waals surface area (Å²) in [5.41, 5.74) is 0. The number of nitrogens with one attached hydrogen (secondary N) is 1. The van der Waals surface area contributed by atoms with Crippen LogP contribution in [0.3, 0.4) is 0 Å². The fraction of sp³-hybridized carbons (Fsp3) is 0.818. The predicted octanol–water partition coefficient (Wildman–Crippen LogP) is 1.17. The Balaban J connectivity index is 3.77. The van der Waals surface area contributed by atoms with Gasteiger partial charge in [0.05, 0.1) is 0 Å². The van der Waals surface area contributed by atoms with Gasteiger partial charge >= 0.3 is 5.97 Å². The number of carbonyl (C=O) groups is 2. The van der Waals surface area contributed by atoms with E-state index in [0.717, 1.165) is 6.42 Å². The minimum absolute atomic E-state index is 0.222. The highest BCUT2D eigenvalue weighted by Crippen LogP contribution is 1.99. The summed E-state index contributed by atoms with van der Waals surface area (Å²) >= 11 is 0. The molecule has 16 heavy (non-hydrogen) atoms. The summed E-state index contributed by atoms with van der Waals surface area (Å²) in [7, 11) is 0. The number of rotatable bonds is 9. The summed E-state index contributed by atoms with van der Waals surface area (Å²) in [4.78, 5) is 22.1. The Labute approximate surface area is 96.2 Å². The lowest BCUT2D eigenvalue weighted by atomic mass is 10.1. The third-order valence-electron chi connectivity index (χ3n) is 2.11. The van der Waals surface area contributed by atoms with Crippen LogP contribution in [0.1, 0.15) is 39.5 Å². The van der Waals surface area contributed by atoms with Gasteiger partial charge in [0.2, 0.25) is 5.91 Å². The molecule has 0 unspecified atom stereocenters. The van der Waals surface area contributed by atoms with Crippen molar-refractivity contribution in [1.82, 2.24) is 5.32 Å². The van der Waals surface area contributed by atoms with Crippen LogP contribution >= 0.6 is 0 Å². The quantitative estimate of drug-likeness (QED) is 0.584. The molecule has 5 nitrogen and oxygen atoms in total. The van der Waals surface area contributed by atoms with Crippen LogP contribution in [-0.4, -0.2) is 36.2 Å². The fourth-order valence-electron chi connectivity index (χ4n) is 1.29. The highest BCUT2D eigenvalue weighted by Gasteiger charge is 2.18. The molecule has 0 rings (SSSR count). The zero-order chi connectivity index (χ0) is 12.4. The maximum Gasteiger partial charge on any atom is 0.326 e. The second-order valence-corrected chi connectivity index (χ2v) is 3.55. The topological polar surface area (TPSA) is 75.6 Å². The molecule has 1 amide bonds. The number of amides is 1. The molecule has 0 aromatic rings. The third kappa shape index (κ3) is 7.23. The number of carbonyl (C=O) groups excluding carboxylic acids is 1. The minimum Gasteiger partial charge on any atom is -0.480 e. The highest BCUT2D eigenvalue weighted by atomic mass is 16.5. The van der Waals surface area contributed by atoms with Crippen LogP contribution < -0.4 is 5.32 Å². The maximum atomic E-state index is 11.4. The monoisotopic (exact) mass is 231 g/mol. The van der Waals surface area contributed by atoms with E-state index in [1.54, 1.807) is 0 Å². The predicted molar refractivity (Wildman–Crippen MR) is 60.2 cm³/mol. The van der Waals surface area contributed by atoms with Crippen molar-refractivity contribution < 1.29 is 19.4 Å². The SMILES string of the molecule is CCC[C@H](NC(=O)CCCOCC)C(=O)O. The van der Waals surface area contributed by atoms with Crippen molar-refractivity contribution in [1.29, 1.82) is 0 Å². The first-order chi connectivity index (χ1) is 7.61. The average Bonchev–Trinajstić information content (AvgIpc) is 2.23. The summed E-state index contributed by atoms with van der Waals surface area (Å²) in [5, 5.41) is 11.3. The van der Waals surface area contributed by atoms with Crippen LogP contribution in [0.15, 0.2) is 0 Å². The van der Waals surface area contributed by atoms with Crippen molar-refractivity contribution in [2.45, 2.75) is 45.6 Å². The number of hydrogen-bond acceptors (Lipinski definition) is 3. The van der Waals surface area contributed by atoms with E-state index in [1.165, 1.54) is 0 Å². The fourth-order valence-corrected chi connectivity index (χ4v) is 1.29. The molecule has 0 radical (unpaired) electrons. The van der Waals surface area contributed by atoms with Gasteiger partial charge in [-0.15, -0.1) is 0 Å². The zero-order valence-corrected chi connectivity index (χ0v) is 9.99. The molecule has 0 fully saturated rings. The molecule has 94 valence electrons. The van der Waals surface area contributed by atoms with Gasteiger partial charge in [-0.2, -0.15) is 0 Å². The second kappa shape index (κ2) is 9.15. The smallest absolute Gasteiger partial charge is 0.326 e. The Hall–Kier alpha value is -1.10. The van der Waals surface area contributed by atoms with Crippen LogP contribution in [0.25, 0.3) is 0 Å². The molecule has 0 aromatic carbocycles. The van der Waals surface area contributed by atoms with Crippen LogP contribution in [0.4, 0.5) is 0 Å². The number of hydrogen-bond donors (Lipinski definition) is 2. The van der Waals surface area contributed by atoms with Crippen LogP contribution in [-0.2, 0) is 14.3 Å². The summed E-state index contributed by atoms with van der Waals surface area (Å²) in [6, 6.07) is -0.760. The Morgan fingerprint density at radius 1 is 1.38 bits per heavy atom. The normalized spacial score (nSPS) is 12.1. The largest absolute Gasteiger partial charge is 0.480 e. The molecule has 0 aromatic heterocycles. The van der Waals surface area contributed by atoms with Gasteiger partial charge < -0.3 is 15.2 Å². The molecular formula is C11H21NO4. The van der Waals surface area contributed by atoms with E-state index >= 15 is 0 Å². The molecule has 1 atom stereocenters. The molecule has 0 aliphatic heterocycles. The Kier molecular flexibility index (Phi) is 8.52. The number of ether oxygens (including phenoxy) is 1. The molecule has 0 spiro atoms. The van der Waals surface area contributed by atoms with Gasteiger partial charge in [0.25, 0.3) is 0 Å². The lowest BCUT2D eigenvalue weighted by Crippen LogP contribution is -2.40. The Morgan fingerprint density at radius 3 is 2.56 bits per heavy atom. The van der Waals surface area contributed by atoms with Gasteiger partial charge in [0.1, 0.15) is 6.04 Å². The van der Waals surface area contributed by atoms with E-state index in [1.807, 2.05) is 13.8 Å². The number of carboxylic acids is 1. The van der Waals surface area contributed by atoms with Gasteiger partial charge in [-0.05, 0) is 19.8 Å². The molecule has 0 saturated heterocycles. The molecule has 0 saturated carbocycles. The van der Waals surface area contributed by atoms with Crippen molar-refractivity contribution >= 4 is 11.9 Å². The summed E-state index contributed by atoms with van der Waals surface area (Å²) in [5.74, 6) is -1.19. The van der Waals surface area contributed by atoms with Gasteiger partial charge in [-0.3, -0.25) is 4.79 Å². The van der Waals surface area contributed by atoms with Gasteiger partial charge in [0, 0.05) is 19.6 Å². The maximum absolute atomic E-state index is 11.4. The Morgan fingerprint density at radius 2 is 2.06 bits per heavy atom. The summed E-state index contributed by atoms with van der Waals surface area (Å²) < 4.78 is 5.09. The molecule has 0 bridgehead atoms. The van der Waals surface area contributed by atoms with Crippen molar-refractivity contribution in [3.05, 3.63) is 0 Å². The summed E-state index contributed by atoms with van der Waals surface area (Å²) in [6.45, 7) is 4.95. The van der Waals surface area contributed by atoms with E-state index < -0.39 is 12.0 Å². The first-order valence-corrected chi connectivity index (χ1v) is 5.71. The second-order valence-electron chi connectivity index (χ2n) is 3.55. The first-order valence-electron chi connectivity index (χ1n) is 5.71. The van der Waals surface area contributed by atoms with Crippen molar-refractivity contribution in [3.63, 3.8) is 0 Å². The lowest BCUT2D eigenvalue weighted by molar-refractivity contribution is -0.142. The molecule has 0 aliphatic carbocycles. The van der Waals surface area contributed by atoms with Gasteiger partial charge in [0.15, 0.2) is 0 Å². The molecule has 2 N–H and O–H groups in total. The third-order valence-corrected chi connectivity index (χ3v) is 2.11. The number of aliphatic carboxylic acids is 1. The van der Waals surface area contributed by atoms with Crippen molar-refractivity contribution in [2.24, 2.45) is 0 Å². The highest BCUT2D eigenvalue weighted by molar-refractivity contribution is 5.83. The van der Waals surface area contributed by atoms with E-state index in [0.29, 0.717) is 32.5 Å². The van der Waals surface area contributed by atoms with E-state index in [9.17, 15) is 9.59 Å². The minimum atomic E-state index is -0.972. The van der Waals surface area contributed by atoms with Crippen LogP contribution in [0, 0.1) is 0 Å². The molecule has 0 heterocycles. The average molecular weight is 231 g/mol. The zero-order valence-electron chi connectivity index (χ0n) is 9.99. The van der Waals surface area contributed by atoms with Gasteiger partial charge in [-0.25, -0.2) is 4.79 Å². The standard InChI is InChI=1S/C11H21NO4/c1-3-6-9(11(14)15)12-10(13)7-5-8-16-4-2/h9H,3-8H2,1-2H3,(H,12,13)(H,14,15)/t9-/m0/s1. The van der Waals surface area contributed by atoms with Gasteiger partial charge in [-0.1, -0.05) is 13.3 Å². The van der Waals surface area contributed by atoms with Crippen molar-refractivity contribution in [3.8, 4) is 0 Å². The van der Waals surface area contributed by atoms with Crippen molar-refractivity contribution in [2.75, 3.05) is 13.2 Å². The number of carboxylic acid groups (broad SMARTS) is 1. The van der Waals surface area contributed by atoms with E-state index in [2.05, 4.69) is 5.32 Å². The molecule has 0 aliphatic rings. The van der Waals surface area contributed by atoms with E-state index in [-0.39, 0.29) is 5.91 Å². The molecule has 5 heteroatoms. The van der Waals surface area contributed by atoms with E-state index in [4.69, 9.17) is 9.84 Å². The summed E-state index contributed by atoms with van der Waals surface area (Å²) in [6.07, 6.45) is 2.13. The first kappa shape index (κ1) is 14.9. The lowest BCUT2D eigenvalue weighted by Gasteiger charge is -2.13. The molecular weight excluding hydrogens is 210 g/mol. The van der Waals surface area contributed by atoms with Crippen LogP contribution in [0.5, 0.6) is 0 Å². The Bertz CT molecular complexity index is 218.